The molecule has 12 aromatic rings. The van der Waals surface area contributed by atoms with Crippen molar-refractivity contribution in [2.24, 2.45) is 20.0 Å². The summed E-state index contributed by atoms with van der Waals surface area (Å²) in [6.07, 6.45) is 0. The molecule has 0 bridgehead atoms. The Hall–Kier alpha value is -7.62. The number of amidine groups is 2. The zero-order chi connectivity index (χ0) is 70.1. The van der Waals surface area contributed by atoms with Crippen molar-refractivity contribution in [3.63, 3.8) is 0 Å². The van der Waals surface area contributed by atoms with Crippen LogP contribution in [-0.2, 0) is 44.8 Å². The van der Waals surface area contributed by atoms with Crippen LogP contribution in [0.15, 0.2) is 317 Å². The summed E-state index contributed by atoms with van der Waals surface area (Å²) in [5, 5.41) is 3.03. The molecule has 2 aliphatic heterocycles. The molecule has 0 aliphatic carbocycles. The van der Waals surface area contributed by atoms with E-state index in [-0.39, 0.29) is 60.6 Å². The van der Waals surface area contributed by atoms with Crippen LogP contribution < -0.4 is 39.5 Å². The molecule has 0 fully saturated rings. The third kappa shape index (κ3) is 19.2. The Kier molecular flexibility index (Phi) is 29.4. The summed E-state index contributed by atoms with van der Waals surface area (Å²) in [5.41, 5.74) is 14.7. The van der Waals surface area contributed by atoms with Crippen LogP contribution in [0.2, 0.25) is 0 Å². The van der Waals surface area contributed by atoms with Gasteiger partial charge >= 0.3 is 44.8 Å². The summed E-state index contributed by atoms with van der Waals surface area (Å²) in [6, 6.07) is 93.4. The van der Waals surface area contributed by atoms with E-state index in [4.69, 9.17) is 48.9 Å². The summed E-state index contributed by atoms with van der Waals surface area (Å²) in [7, 11) is 6.21. The van der Waals surface area contributed by atoms with E-state index < -0.39 is 0 Å². The molecule has 0 atom stereocenters. The second-order valence-electron chi connectivity index (χ2n) is 23.2. The number of halogens is 4. The maximum Gasteiger partial charge on any atom is 1.00 e. The summed E-state index contributed by atoms with van der Waals surface area (Å²) in [4.78, 5) is 30.5. The smallest absolute Gasteiger partial charge is 0.497 e. The van der Waals surface area contributed by atoms with Crippen LogP contribution >= 0.6 is 79.6 Å². The molecule has 4 heterocycles. The van der Waals surface area contributed by atoms with Gasteiger partial charge in [0.15, 0.2) is 0 Å². The number of methoxy groups -OCH3 is 4. The van der Waals surface area contributed by atoms with E-state index in [1.165, 1.54) is 10.6 Å². The normalized spacial score (nSPS) is 13.0. The number of ether oxygens (including phenoxy) is 4. The number of aromatic nitrogens is 2. The molecule has 2 aromatic heterocycles. The number of hydrogen-bond acceptors (Lipinski definition) is 6. The molecule has 0 N–H and O–H groups in total. The van der Waals surface area contributed by atoms with Crippen LogP contribution in [-0.4, -0.2) is 78.2 Å². The predicted molar refractivity (Wildman–Crippen MR) is 440 cm³/mol. The molecule has 0 unspecified atom stereocenters. The molecule has 0 radical (unpaired) electrons. The molecular formula is C84H72Au2Br4N6O4P2+2. The average Bonchev–Trinajstić information content (AvgIpc) is 1.62. The Labute approximate surface area is 665 Å². The Bertz CT molecular complexity index is 4610. The van der Waals surface area contributed by atoms with E-state index in [2.05, 4.69) is 200 Å². The van der Waals surface area contributed by atoms with Crippen molar-refractivity contribution in [2.75, 3.05) is 55.1 Å². The standard InChI is InChI=1S/2C34H24Br2N3O2.2C8H11P.2Au/c2*1-40-25-17-13-23(14-18-25)31-29(35)27(21-9-5-3-6-10-21)33(37-31)39-34-28(22-11-7-4-8-12-22)30(36)32(38-34)24-15-19-26(41-2)20-16-24;2*1-9(2)8-6-4-3-5-7-8;;/h2*3-20H,1-2H3;2*3-7H,1-2H3;;/q2*-1;;;2*+1/p+2/b2*39-33-;;;;. The summed E-state index contributed by atoms with van der Waals surface area (Å²) in [6.45, 7) is 9.22. The van der Waals surface area contributed by atoms with Gasteiger partial charge in [-0.05, 0) is 228 Å². The first-order valence-corrected chi connectivity index (χ1v) is 40.3. The fourth-order valence-corrected chi connectivity index (χ4v) is 15.6. The van der Waals surface area contributed by atoms with Gasteiger partial charge in [-0.2, -0.15) is 0 Å². The Balaban J connectivity index is 0.000000187. The van der Waals surface area contributed by atoms with Gasteiger partial charge in [0.25, 0.3) is 0 Å². The summed E-state index contributed by atoms with van der Waals surface area (Å²) < 4.78 is 24.9. The second kappa shape index (κ2) is 38.2. The van der Waals surface area contributed by atoms with Gasteiger partial charge < -0.3 is 38.9 Å². The van der Waals surface area contributed by atoms with E-state index in [1.54, 1.807) is 28.4 Å². The van der Waals surface area contributed by atoms with Crippen LogP contribution in [0.5, 0.6) is 23.0 Å². The zero-order valence-corrected chi connectivity index (χ0v) is 69.7. The third-order valence-electron chi connectivity index (χ3n) is 16.3. The number of aliphatic imine (C=N–C) groups is 4. The van der Waals surface area contributed by atoms with Gasteiger partial charge in [-0.3, -0.25) is 9.98 Å². The monoisotopic (exact) mass is 2000 g/mol. The zero-order valence-electron chi connectivity index (χ0n) is 57.0. The first-order chi connectivity index (χ1) is 48.7. The van der Waals surface area contributed by atoms with Gasteiger partial charge in [0, 0.05) is 47.1 Å². The van der Waals surface area contributed by atoms with Crippen LogP contribution in [0.3, 0.4) is 0 Å². The van der Waals surface area contributed by atoms with Gasteiger partial charge in [-0.1, -0.05) is 182 Å². The van der Waals surface area contributed by atoms with E-state index in [9.17, 15) is 0 Å². The van der Waals surface area contributed by atoms with Crippen LogP contribution in [0, 0.1) is 0 Å². The molecule has 520 valence electrons. The minimum atomic E-state index is -0.212. The number of benzene rings is 10. The minimum Gasteiger partial charge on any atom is -0.497 e. The summed E-state index contributed by atoms with van der Waals surface area (Å²) in [5.74, 6) is 5.47. The van der Waals surface area contributed by atoms with Gasteiger partial charge in [0.1, 0.15) is 23.0 Å². The fourth-order valence-electron chi connectivity index (χ4n) is 11.0. The van der Waals surface area contributed by atoms with Crippen LogP contribution in [0.1, 0.15) is 22.3 Å². The maximum atomic E-state index is 5.36. The van der Waals surface area contributed by atoms with Gasteiger partial charge in [0.05, 0.1) is 97.8 Å². The van der Waals surface area contributed by atoms with Crippen molar-refractivity contribution in [3.8, 4) is 67.8 Å². The van der Waals surface area contributed by atoms with Crippen LogP contribution in [0.25, 0.3) is 55.9 Å². The average molecular weight is 2010 g/mol. The molecular weight excluding hydrogens is 1930 g/mol. The number of rotatable bonds is 16. The van der Waals surface area contributed by atoms with E-state index in [0.29, 0.717) is 23.3 Å². The van der Waals surface area contributed by atoms with Crippen molar-refractivity contribution in [1.29, 1.82) is 0 Å². The molecule has 0 saturated heterocycles. The van der Waals surface area contributed by atoms with E-state index in [0.717, 1.165) is 131 Å². The molecule has 10 aromatic carbocycles. The predicted octanol–water partition coefficient (Wildman–Crippen LogP) is 21.8. The Morgan fingerprint density at radius 1 is 0.304 bits per heavy atom. The van der Waals surface area contributed by atoms with E-state index in [1.807, 2.05) is 170 Å². The molecule has 2 aliphatic rings. The maximum absolute atomic E-state index is 5.36. The SMILES string of the molecule is COc1ccc(C2=N/C(=N\c3[n-]c(-c4ccc(OC)cc4)c(Br)c3-c3ccccc3)C(c3ccccc3)=C2Br)cc1.COc1ccc(C2=N/C(=N\c3[n-]c(-c4ccc(OC)cc4)c(Br)c3-c3ccccc3)C(c3ccccc3)=C2Br)cc1.C[PH+](C)c1ccccc1.C[PH+](C)c1ccccc1.[Au+].[Au+]. The molecule has 0 spiro atoms. The van der Waals surface area contributed by atoms with Crippen molar-refractivity contribution >= 4 is 136 Å². The molecule has 0 saturated carbocycles. The van der Waals surface area contributed by atoms with Crippen molar-refractivity contribution in [1.82, 2.24) is 9.97 Å². The fraction of sp³-hybridized carbons (Fsp3) is 0.0952. The van der Waals surface area contributed by atoms with Crippen molar-refractivity contribution in [3.05, 3.63) is 319 Å². The second-order valence-corrected chi connectivity index (χ2v) is 31.6. The van der Waals surface area contributed by atoms with Gasteiger partial charge in [-0.25, -0.2) is 0 Å². The molecule has 0 amide bonds. The quantitative estimate of drug-likeness (QED) is 0.0703. The molecule has 14 rings (SSSR count). The first kappa shape index (κ1) is 78.5. The van der Waals surface area contributed by atoms with Gasteiger partial charge in [-0.15, -0.1) is 0 Å². The molecule has 102 heavy (non-hydrogen) atoms. The Morgan fingerprint density at radius 3 is 0.794 bits per heavy atom. The number of allylic oxidation sites excluding steroid dienone is 2. The summed E-state index contributed by atoms with van der Waals surface area (Å²) >= 11 is 15.5. The van der Waals surface area contributed by atoms with Crippen molar-refractivity contribution in [2.45, 2.75) is 0 Å². The Morgan fingerprint density at radius 2 is 0.549 bits per heavy atom. The van der Waals surface area contributed by atoms with Gasteiger partial charge in [0.2, 0.25) is 0 Å². The van der Waals surface area contributed by atoms with Crippen molar-refractivity contribution < 1.29 is 63.7 Å². The number of hydrogen-bond donors (Lipinski definition) is 0. The largest absolute Gasteiger partial charge is 1.00 e. The number of nitrogens with zero attached hydrogens (tertiary/aromatic N) is 6. The topological polar surface area (TPSA) is 115 Å². The minimum absolute atomic E-state index is 0. The third-order valence-corrected chi connectivity index (χ3v) is 22.4. The molecule has 18 heteroatoms. The molecule has 10 nitrogen and oxygen atoms in total. The van der Waals surface area contributed by atoms with Crippen LogP contribution in [0.4, 0.5) is 11.6 Å². The first-order valence-electron chi connectivity index (χ1n) is 32.1. The van der Waals surface area contributed by atoms with E-state index >= 15 is 0 Å².